The molecule has 0 bridgehead atoms. The molecule has 0 aromatic carbocycles. The SMILES string of the molecule is CC1=[C-]CC=C1.CC1=[C-]CC=C1.CCCl.[Hf]. The Morgan fingerprint density at radius 3 is 1.44 bits per heavy atom. The largest absolute Gasteiger partial charge is 0.270 e. The standard InChI is InChI=1S/2C6H7.C2H5Cl.Hf/c2*1-6-4-2-3-5-6;1-2-3;/h2*2,4H,3H2,1H3;2H2,1H3;/q2*-1;;. The van der Waals surface area contributed by atoms with Crippen molar-refractivity contribution in [2.24, 2.45) is 0 Å². The number of alkyl halides is 1. The van der Waals surface area contributed by atoms with Gasteiger partial charge in [0.05, 0.1) is 0 Å². The van der Waals surface area contributed by atoms with Gasteiger partial charge in [-0.2, -0.15) is 12.2 Å². The Morgan fingerprint density at radius 2 is 1.38 bits per heavy atom. The molecule has 0 N–H and O–H groups in total. The number of halogens is 1. The van der Waals surface area contributed by atoms with Gasteiger partial charge in [-0.15, -0.1) is 24.4 Å². The summed E-state index contributed by atoms with van der Waals surface area (Å²) in [5.74, 6) is 0.722. The zero-order valence-electron chi connectivity index (χ0n) is 10.3. The zero-order chi connectivity index (χ0) is 11.5. The first kappa shape index (κ1) is 18.5. The fraction of sp³-hybridized carbons (Fsp3) is 0.429. The molecule has 0 spiro atoms. The molecule has 2 heteroatoms. The Morgan fingerprint density at radius 1 is 1.06 bits per heavy atom. The van der Waals surface area contributed by atoms with Crippen molar-refractivity contribution in [2.75, 3.05) is 5.88 Å². The van der Waals surface area contributed by atoms with Crippen LogP contribution in [0.25, 0.3) is 0 Å². The van der Waals surface area contributed by atoms with Gasteiger partial charge in [0.2, 0.25) is 0 Å². The molecule has 2 aliphatic carbocycles. The van der Waals surface area contributed by atoms with Gasteiger partial charge in [-0.3, -0.25) is 12.2 Å². The van der Waals surface area contributed by atoms with E-state index in [1.165, 1.54) is 11.1 Å². The molecule has 0 nitrogen and oxygen atoms in total. The van der Waals surface area contributed by atoms with Crippen molar-refractivity contribution in [2.45, 2.75) is 33.6 Å². The van der Waals surface area contributed by atoms with Crippen LogP contribution < -0.4 is 0 Å². The number of hydrogen-bond acceptors (Lipinski definition) is 0. The second-order valence-electron chi connectivity index (χ2n) is 3.20. The maximum atomic E-state index is 5.00. The van der Waals surface area contributed by atoms with Crippen molar-refractivity contribution in [3.05, 3.63) is 47.6 Å². The third-order valence-electron chi connectivity index (χ3n) is 1.73. The Hall–Kier alpha value is 0.120. The molecule has 0 saturated carbocycles. The summed E-state index contributed by atoms with van der Waals surface area (Å²) in [4.78, 5) is 0. The molecule has 16 heavy (non-hydrogen) atoms. The second kappa shape index (κ2) is 13.2. The maximum absolute atomic E-state index is 5.00. The summed E-state index contributed by atoms with van der Waals surface area (Å²) < 4.78 is 0. The first-order valence-corrected chi connectivity index (χ1v) is 5.78. The van der Waals surface area contributed by atoms with Crippen molar-refractivity contribution in [1.29, 1.82) is 0 Å². The summed E-state index contributed by atoms with van der Waals surface area (Å²) in [5.41, 5.74) is 2.55. The second-order valence-corrected chi connectivity index (χ2v) is 3.73. The Kier molecular flexibility index (Phi) is 15.2. The van der Waals surface area contributed by atoms with Gasteiger partial charge in [0.25, 0.3) is 0 Å². The molecule has 0 atom stereocenters. The molecular formula is C14H19ClHf-2. The number of rotatable bonds is 0. The topological polar surface area (TPSA) is 0 Å². The Balaban J connectivity index is 0. The van der Waals surface area contributed by atoms with Gasteiger partial charge in [0, 0.05) is 31.7 Å². The Bertz CT molecular complexity index is 239. The van der Waals surface area contributed by atoms with Crippen molar-refractivity contribution in [1.82, 2.24) is 0 Å². The predicted octanol–water partition coefficient (Wildman–Crippen LogP) is 4.63. The molecule has 2 aliphatic rings. The van der Waals surface area contributed by atoms with Gasteiger partial charge in [-0.1, -0.05) is 20.8 Å². The summed E-state index contributed by atoms with van der Waals surface area (Å²) in [6, 6.07) is 0. The smallest absolute Gasteiger partial charge is 0.0195 e. The Labute approximate surface area is 124 Å². The molecule has 0 fully saturated rings. The molecule has 0 unspecified atom stereocenters. The predicted molar refractivity (Wildman–Crippen MR) is 68.8 cm³/mol. The van der Waals surface area contributed by atoms with Crippen LogP contribution in [0.4, 0.5) is 0 Å². The van der Waals surface area contributed by atoms with Crippen LogP contribution in [-0.4, -0.2) is 5.88 Å². The van der Waals surface area contributed by atoms with Crippen LogP contribution in [0.15, 0.2) is 35.5 Å². The molecule has 0 heterocycles. The van der Waals surface area contributed by atoms with Crippen LogP contribution in [0.3, 0.4) is 0 Å². The monoisotopic (exact) mass is 402 g/mol. The first-order chi connectivity index (χ1) is 7.20. The minimum absolute atomic E-state index is 0. The van der Waals surface area contributed by atoms with Crippen LogP contribution in [-0.2, 0) is 25.8 Å². The van der Waals surface area contributed by atoms with Gasteiger partial charge >= 0.3 is 0 Å². The summed E-state index contributed by atoms with van der Waals surface area (Å²) in [5, 5.41) is 0. The van der Waals surface area contributed by atoms with Gasteiger partial charge < -0.3 is 0 Å². The summed E-state index contributed by atoms with van der Waals surface area (Å²) in [7, 11) is 0. The fourth-order valence-corrected chi connectivity index (χ4v) is 1.03. The van der Waals surface area contributed by atoms with Crippen LogP contribution in [0.5, 0.6) is 0 Å². The van der Waals surface area contributed by atoms with E-state index in [1.54, 1.807) is 0 Å². The molecule has 0 aromatic heterocycles. The van der Waals surface area contributed by atoms with Gasteiger partial charge in [0.1, 0.15) is 0 Å². The summed E-state index contributed by atoms with van der Waals surface area (Å²) in [6.45, 7) is 6.01. The average Bonchev–Trinajstić information content (AvgIpc) is 2.81. The molecule has 0 aliphatic heterocycles. The molecular weight excluding hydrogens is 382 g/mol. The maximum Gasteiger partial charge on any atom is 0.0195 e. The van der Waals surface area contributed by atoms with Crippen molar-refractivity contribution >= 4 is 11.6 Å². The normalized spacial score (nSPS) is 15.0. The quantitative estimate of drug-likeness (QED) is 0.315. The minimum atomic E-state index is 0. The number of allylic oxidation sites excluding steroid dienone is 8. The fourth-order valence-electron chi connectivity index (χ4n) is 1.03. The first-order valence-electron chi connectivity index (χ1n) is 5.24. The third kappa shape index (κ3) is 12.2. The van der Waals surface area contributed by atoms with E-state index in [2.05, 4.69) is 50.3 Å². The average molecular weight is 401 g/mol. The molecule has 88 valence electrons. The van der Waals surface area contributed by atoms with E-state index < -0.39 is 0 Å². The minimum Gasteiger partial charge on any atom is -0.270 e. The van der Waals surface area contributed by atoms with Gasteiger partial charge in [0.15, 0.2) is 0 Å². The van der Waals surface area contributed by atoms with E-state index in [4.69, 9.17) is 11.6 Å². The third-order valence-corrected chi connectivity index (χ3v) is 1.73. The molecule has 0 aromatic rings. The summed E-state index contributed by atoms with van der Waals surface area (Å²) in [6.07, 6.45) is 16.7. The van der Waals surface area contributed by atoms with Gasteiger partial charge in [-0.25, -0.2) is 23.3 Å². The van der Waals surface area contributed by atoms with Crippen LogP contribution in [0, 0.1) is 12.2 Å². The summed E-state index contributed by atoms with van der Waals surface area (Å²) >= 11 is 5.00. The van der Waals surface area contributed by atoms with Crippen molar-refractivity contribution in [3.63, 3.8) is 0 Å². The van der Waals surface area contributed by atoms with E-state index in [0.29, 0.717) is 0 Å². The van der Waals surface area contributed by atoms with E-state index >= 15 is 0 Å². The number of hydrogen-bond donors (Lipinski definition) is 0. The zero-order valence-corrected chi connectivity index (χ0v) is 14.7. The van der Waals surface area contributed by atoms with E-state index in [1.807, 2.05) is 6.92 Å². The van der Waals surface area contributed by atoms with Gasteiger partial charge in [-0.05, 0) is 0 Å². The molecule has 2 rings (SSSR count). The molecule has 0 radical (unpaired) electrons. The van der Waals surface area contributed by atoms with Crippen molar-refractivity contribution < 1.29 is 25.8 Å². The van der Waals surface area contributed by atoms with Crippen LogP contribution in [0.1, 0.15) is 33.6 Å². The van der Waals surface area contributed by atoms with E-state index in [0.717, 1.165) is 18.7 Å². The molecule has 0 amide bonds. The van der Waals surface area contributed by atoms with Crippen LogP contribution in [0.2, 0.25) is 0 Å². The molecule has 0 saturated heterocycles. The van der Waals surface area contributed by atoms with E-state index in [9.17, 15) is 0 Å². The van der Waals surface area contributed by atoms with Crippen molar-refractivity contribution in [3.8, 4) is 0 Å². The van der Waals surface area contributed by atoms with E-state index in [-0.39, 0.29) is 25.8 Å². The van der Waals surface area contributed by atoms with Crippen LogP contribution >= 0.6 is 11.6 Å².